The zero-order valence-electron chi connectivity index (χ0n) is 41.8. The Morgan fingerprint density at radius 2 is 0.821 bits per heavy atom. The van der Waals surface area contributed by atoms with E-state index in [4.69, 9.17) is 4.43 Å². The van der Waals surface area contributed by atoms with Crippen molar-refractivity contribution in [2.75, 3.05) is 80.4 Å². The molecule has 2 aromatic carbocycles. The molecular formula is C53H88N9OS3Si+3. The molecule has 0 amide bonds. The Hall–Kier alpha value is -2.52. The van der Waals surface area contributed by atoms with Gasteiger partial charge in [-0.3, -0.25) is 45.6 Å². The van der Waals surface area contributed by atoms with E-state index in [2.05, 4.69) is 169 Å². The minimum atomic E-state index is -2.58. The summed E-state index contributed by atoms with van der Waals surface area (Å²) in [7, 11) is -2.58. The molecule has 2 aromatic rings. The van der Waals surface area contributed by atoms with Crippen molar-refractivity contribution < 1.29 is 18.2 Å². The molecule has 0 saturated heterocycles. The fourth-order valence-electron chi connectivity index (χ4n) is 11.1. The van der Waals surface area contributed by atoms with Gasteiger partial charge in [0.25, 0.3) is 8.32 Å². The van der Waals surface area contributed by atoms with Crippen LogP contribution in [-0.2, 0) is 4.43 Å². The van der Waals surface area contributed by atoms with Gasteiger partial charge >= 0.3 is 17.9 Å². The van der Waals surface area contributed by atoms with Crippen molar-refractivity contribution in [3.05, 3.63) is 60.7 Å². The summed E-state index contributed by atoms with van der Waals surface area (Å²) < 4.78 is 15.0. The van der Waals surface area contributed by atoms with Gasteiger partial charge in [-0.05, 0) is 27.6 Å². The first kappa shape index (κ1) is 50.9. The summed E-state index contributed by atoms with van der Waals surface area (Å²) in [5.74, 6) is 11.0. The summed E-state index contributed by atoms with van der Waals surface area (Å²) in [4.78, 5) is 0. The third-order valence-electron chi connectivity index (χ3n) is 15.1. The lowest BCUT2D eigenvalue weighted by atomic mass is 10.1. The molecule has 67 heavy (non-hydrogen) atoms. The molecule has 6 atom stereocenters. The number of rotatable bonds is 24. The highest BCUT2D eigenvalue weighted by Crippen LogP contribution is 2.37. The van der Waals surface area contributed by atoms with Crippen LogP contribution in [0.5, 0.6) is 0 Å². The molecular weight excluding hydrogens is 903 g/mol. The smallest absolute Gasteiger partial charge is 0.346 e. The molecule has 0 spiro atoms. The van der Waals surface area contributed by atoms with E-state index >= 15 is 0 Å². The van der Waals surface area contributed by atoms with Crippen LogP contribution in [0, 0.1) is 0 Å². The van der Waals surface area contributed by atoms with Crippen LogP contribution in [0.2, 0.25) is 5.04 Å². The molecule has 370 valence electrons. The van der Waals surface area contributed by atoms with Crippen LogP contribution >= 0.6 is 35.3 Å². The molecule has 6 N–H and O–H groups in total. The zero-order valence-corrected chi connectivity index (χ0v) is 45.3. The van der Waals surface area contributed by atoms with Gasteiger partial charge in [-0.1, -0.05) is 133 Å². The molecule has 6 heterocycles. The van der Waals surface area contributed by atoms with Crippen molar-refractivity contribution in [2.24, 2.45) is 0 Å². The molecule has 0 saturated carbocycles. The number of guanidine groups is 3. The molecule has 0 unspecified atom stereocenters. The highest BCUT2D eigenvalue weighted by Gasteiger charge is 2.51. The molecule has 0 aromatic heterocycles. The van der Waals surface area contributed by atoms with E-state index in [-0.39, 0.29) is 11.1 Å². The maximum atomic E-state index is 7.36. The summed E-state index contributed by atoms with van der Waals surface area (Å²) in [6.45, 7) is 17.0. The van der Waals surface area contributed by atoms with Gasteiger partial charge in [0.15, 0.2) is 0 Å². The number of nitrogens with one attached hydrogen (secondary N) is 6. The Bertz CT molecular complexity index is 1890. The molecule has 14 heteroatoms. The maximum absolute atomic E-state index is 7.36. The van der Waals surface area contributed by atoms with E-state index in [1.165, 1.54) is 148 Å². The summed E-state index contributed by atoms with van der Waals surface area (Å²) in [5.41, 5.74) is 0. The first-order chi connectivity index (χ1) is 32.8. The summed E-state index contributed by atoms with van der Waals surface area (Å²) in [6, 6.07) is 25.1. The zero-order chi connectivity index (χ0) is 46.3. The lowest BCUT2D eigenvalue weighted by molar-refractivity contribution is -0.542. The first-order valence-corrected chi connectivity index (χ1v) is 32.1. The van der Waals surface area contributed by atoms with Crippen molar-refractivity contribution in [3.8, 4) is 0 Å². The second-order valence-electron chi connectivity index (χ2n) is 21.4. The van der Waals surface area contributed by atoms with E-state index < -0.39 is 8.32 Å². The van der Waals surface area contributed by atoms with E-state index in [0.717, 1.165) is 44.1 Å². The lowest BCUT2D eigenvalue weighted by Crippen LogP contribution is -2.68. The number of thioether (sulfide) groups is 3. The lowest BCUT2D eigenvalue weighted by Gasteiger charge is -2.44. The fourth-order valence-corrected chi connectivity index (χ4v) is 19.3. The van der Waals surface area contributed by atoms with Crippen LogP contribution in [-0.4, -0.2) is 157 Å². The second-order valence-corrected chi connectivity index (χ2v) is 29.0. The van der Waals surface area contributed by atoms with Gasteiger partial charge in [0, 0.05) is 67.3 Å². The average Bonchev–Trinajstić information content (AvgIpc) is 3.34. The Morgan fingerprint density at radius 1 is 0.478 bits per heavy atom. The van der Waals surface area contributed by atoms with Gasteiger partial charge in [-0.2, -0.15) is 35.3 Å². The largest absolute Gasteiger partial charge is 0.404 e. The van der Waals surface area contributed by atoms with Crippen molar-refractivity contribution in [3.63, 3.8) is 0 Å². The second kappa shape index (κ2) is 25.5. The monoisotopic (exact) mass is 991 g/mol. The highest BCUT2D eigenvalue weighted by molar-refractivity contribution is 7.99. The molecule has 8 rings (SSSR count). The third kappa shape index (κ3) is 14.1. The number of hydrogen-bond donors (Lipinski definition) is 6. The van der Waals surface area contributed by atoms with E-state index in [0.29, 0.717) is 36.8 Å². The quantitative estimate of drug-likeness (QED) is 0.0417. The molecule has 10 nitrogen and oxygen atoms in total. The summed E-state index contributed by atoms with van der Waals surface area (Å²) in [5, 5.41) is 26.3. The van der Waals surface area contributed by atoms with Crippen LogP contribution in [0.1, 0.15) is 118 Å². The predicted molar refractivity (Wildman–Crippen MR) is 292 cm³/mol. The van der Waals surface area contributed by atoms with E-state index in [1.807, 2.05) is 0 Å². The topological polar surface area (TPSA) is 90.4 Å². The van der Waals surface area contributed by atoms with Gasteiger partial charge in [0.2, 0.25) is 0 Å². The Labute approximate surface area is 419 Å². The SMILES string of the molecule is CCCCCCCCCCSC[C@H]1CC[N+]2=C(N1)N[C@@H](CSC[C@H]1CC[N+]3=C(N[C@@H](CSC[C@H]4CC[N+]5=C(N[C@@H](CO[Si](c6ccccc6)(c6ccccc6)C(C)(C)C)CC5)N4)CC3)N1)CC2. The van der Waals surface area contributed by atoms with Crippen molar-refractivity contribution in [1.29, 1.82) is 0 Å². The van der Waals surface area contributed by atoms with Crippen LogP contribution in [0.4, 0.5) is 0 Å². The molecule has 0 aliphatic carbocycles. The Balaban J connectivity index is 0.715. The molecule has 6 aliphatic heterocycles. The number of benzene rings is 2. The normalized spacial score (nSPS) is 25.4. The first-order valence-electron chi connectivity index (χ1n) is 26.7. The molecule has 0 radical (unpaired) electrons. The van der Waals surface area contributed by atoms with Crippen molar-refractivity contribution >= 4 is 71.9 Å². The van der Waals surface area contributed by atoms with Gasteiger partial charge in [-0.15, -0.1) is 0 Å². The van der Waals surface area contributed by atoms with Crippen LogP contribution < -0.4 is 42.3 Å². The third-order valence-corrected chi connectivity index (χ3v) is 23.9. The van der Waals surface area contributed by atoms with Gasteiger partial charge in [0.05, 0.1) is 82.1 Å². The Kier molecular flexibility index (Phi) is 19.4. The predicted octanol–water partition coefficient (Wildman–Crippen LogP) is 6.18. The van der Waals surface area contributed by atoms with Gasteiger partial charge in [-0.25, -0.2) is 0 Å². The van der Waals surface area contributed by atoms with Crippen molar-refractivity contribution in [1.82, 2.24) is 31.9 Å². The van der Waals surface area contributed by atoms with Crippen LogP contribution in [0.15, 0.2) is 60.7 Å². The molecule has 0 fully saturated rings. The van der Waals surface area contributed by atoms with Crippen molar-refractivity contribution in [2.45, 2.75) is 159 Å². The average molecular weight is 992 g/mol. The van der Waals surface area contributed by atoms with Gasteiger partial charge < -0.3 is 4.43 Å². The summed E-state index contributed by atoms with van der Waals surface area (Å²) in [6.07, 6.45) is 18.5. The number of nitrogens with zero attached hydrogens (tertiary/aromatic N) is 3. The maximum Gasteiger partial charge on any atom is 0.346 e. The van der Waals surface area contributed by atoms with E-state index in [1.54, 1.807) is 0 Å². The molecule has 6 aliphatic rings. The van der Waals surface area contributed by atoms with Crippen LogP contribution in [0.3, 0.4) is 0 Å². The standard InChI is InChI=1S/C53H85N9OS3Si/c1-5-6-7-8-9-10-11-18-35-64-37-43-24-30-61-32-26-45(57-51(61)55-43)39-66-41-47-28-34-62-33-27-46(58-52(62)59-47)40-65-38-44-25-31-60-29-23-42(54-50(60)56-44)36-63-67(53(2,3)4,48-19-14-12-15-20-48)49-21-16-13-17-22-49/h12-17,19-22,42-47H,5-11,18,23-41H2,1-4H3,(H3,54,55,56,57,58,59)/p+3/t42-,43-,44-,45-,46-,47-/m1/s1. The number of unbranched alkanes of at least 4 members (excludes halogenated alkanes) is 7. The summed E-state index contributed by atoms with van der Waals surface area (Å²) >= 11 is 6.43. The molecule has 0 bridgehead atoms. The highest BCUT2D eigenvalue weighted by atomic mass is 32.2. The minimum absolute atomic E-state index is 0.0233. The fraction of sp³-hybridized carbons (Fsp3) is 0.717. The minimum Gasteiger partial charge on any atom is -0.404 e. The van der Waals surface area contributed by atoms with Gasteiger partial charge in [0.1, 0.15) is 0 Å². The number of hydrogen-bond acceptors (Lipinski definition) is 10. The van der Waals surface area contributed by atoms with E-state index in [9.17, 15) is 0 Å². The Morgan fingerprint density at radius 3 is 1.21 bits per heavy atom. The van der Waals surface area contributed by atoms with Crippen LogP contribution in [0.25, 0.3) is 0 Å².